The summed E-state index contributed by atoms with van der Waals surface area (Å²) in [6, 6.07) is -0.529. The lowest BCUT2D eigenvalue weighted by atomic mass is 9.99. The van der Waals surface area contributed by atoms with Gasteiger partial charge in [0, 0.05) is 16.8 Å². The van der Waals surface area contributed by atoms with Crippen molar-refractivity contribution >= 4 is 29.0 Å². The third kappa shape index (κ3) is 2.60. The van der Waals surface area contributed by atoms with E-state index in [1.807, 2.05) is 32.1 Å². The number of allylic oxidation sites excluding steroid dienone is 5. The standard InChI is InChI=1S/C17H18N2O2S/c1-5-7-8-13-12(6-2)11(4)19(17(13)21)15-10(3)9-14(20)18-16(15)22/h5-8,15H,3-4,9H2,1-2H3,(H,18,20,22)/b7-5-,12-6-,13-8+. The van der Waals surface area contributed by atoms with E-state index in [1.165, 1.54) is 4.90 Å². The Labute approximate surface area is 135 Å². The lowest BCUT2D eigenvalue weighted by Gasteiger charge is -2.33. The summed E-state index contributed by atoms with van der Waals surface area (Å²) >= 11 is 5.24. The number of amides is 2. The number of nitrogens with zero attached hydrogens (tertiary/aromatic N) is 1. The first-order chi connectivity index (χ1) is 10.4. The molecule has 0 aliphatic carbocycles. The molecule has 2 saturated heterocycles. The minimum Gasteiger partial charge on any atom is -0.318 e. The van der Waals surface area contributed by atoms with Crippen LogP contribution in [0.5, 0.6) is 0 Å². The average molecular weight is 314 g/mol. The molecule has 2 fully saturated rings. The van der Waals surface area contributed by atoms with Gasteiger partial charge in [0.05, 0.1) is 6.42 Å². The maximum atomic E-state index is 12.8. The summed E-state index contributed by atoms with van der Waals surface area (Å²) in [4.78, 5) is 26.1. The van der Waals surface area contributed by atoms with Gasteiger partial charge in [0.1, 0.15) is 11.0 Å². The molecule has 0 saturated carbocycles. The SMILES string of the molecule is C=C1CC(=O)NC(=S)C1N1C(=C)C(=C/C)/C(=C\C=C/C)C1=O. The summed E-state index contributed by atoms with van der Waals surface area (Å²) in [7, 11) is 0. The van der Waals surface area contributed by atoms with E-state index in [0.29, 0.717) is 21.8 Å². The molecule has 5 heteroatoms. The van der Waals surface area contributed by atoms with E-state index >= 15 is 0 Å². The van der Waals surface area contributed by atoms with Gasteiger partial charge < -0.3 is 5.32 Å². The van der Waals surface area contributed by atoms with Gasteiger partial charge in [0.15, 0.2) is 0 Å². The number of likely N-dealkylation sites (tertiary alicyclic amines) is 1. The Kier molecular flexibility index (Phi) is 4.56. The topological polar surface area (TPSA) is 49.4 Å². The van der Waals surface area contributed by atoms with Crippen LogP contribution in [0.1, 0.15) is 20.3 Å². The summed E-state index contributed by atoms with van der Waals surface area (Å²) < 4.78 is 0. The highest BCUT2D eigenvalue weighted by Gasteiger charge is 2.42. The van der Waals surface area contributed by atoms with Crippen LogP contribution in [0.4, 0.5) is 0 Å². The molecule has 1 unspecified atom stereocenters. The van der Waals surface area contributed by atoms with Crippen LogP contribution in [0.25, 0.3) is 0 Å². The first kappa shape index (κ1) is 16.1. The molecule has 0 radical (unpaired) electrons. The number of rotatable bonds is 2. The largest absolute Gasteiger partial charge is 0.318 e. The molecule has 2 rings (SSSR count). The Morgan fingerprint density at radius 2 is 1.95 bits per heavy atom. The minimum atomic E-state index is -0.529. The Hall–Kier alpha value is -2.27. The smallest absolute Gasteiger partial charge is 0.259 e. The van der Waals surface area contributed by atoms with Gasteiger partial charge in [0.2, 0.25) is 5.91 Å². The molecule has 114 valence electrons. The second-order valence-corrected chi connectivity index (χ2v) is 5.52. The molecule has 4 nitrogen and oxygen atoms in total. The molecule has 1 N–H and O–H groups in total. The zero-order valence-electron chi connectivity index (χ0n) is 12.7. The Morgan fingerprint density at radius 3 is 2.50 bits per heavy atom. The third-order valence-corrected chi connectivity index (χ3v) is 3.95. The first-order valence-corrected chi connectivity index (χ1v) is 7.37. The van der Waals surface area contributed by atoms with Crippen molar-refractivity contribution in [1.82, 2.24) is 10.2 Å². The van der Waals surface area contributed by atoms with Crippen molar-refractivity contribution in [2.24, 2.45) is 0 Å². The highest BCUT2D eigenvalue weighted by atomic mass is 32.1. The molecular weight excluding hydrogens is 296 g/mol. The maximum Gasteiger partial charge on any atom is 0.259 e. The third-order valence-electron chi connectivity index (χ3n) is 3.63. The van der Waals surface area contributed by atoms with E-state index in [2.05, 4.69) is 18.5 Å². The molecule has 0 aromatic carbocycles. The van der Waals surface area contributed by atoms with Crippen LogP contribution in [-0.4, -0.2) is 27.7 Å². The summed E-state index contributed by atoms with van der Waals surface area (Å²) in [6.45, 7) is 11.7. The first-order valence-electron chi connectivity index (χ1n) is 6.96. The fraction of sp³-hybridized carbons (Fsp3) is 0.235. The van der Waals surface area contributed by atoms with Crippen molar-refractivity contribution in [2.45, 2.75) is 26.3 Å². The van der Waals surface area contributed by atoms with Gasteiger partial charge >= 0.3 is 0 Å². The average Bonchev–Trinajstić information content (AvgIpc) is 2.67. The van der Waals surface area contributed by atoms with Gasteiger partial charge in [-0.1, -0.05) is 43.6 Å². The Morgan fingerprint density at radius 1 is 1.27 bits per heavy atom. The molecule has 2 aliphatic heterocycles. The van der Waals surface area contributed by atoms with Gasteiger partial charge in [-0.05, 0) is 25.5 Å². The monoisotopic (exact) mass is 314 g/mol. The normalized spacial score (nSPS) is 26.7. The van der Waals surface area contributed by atoms with Crippen molar-refractivity contribution in [3.63, 3.8) is 0 Å². The Balaban J connectivity index is 2.46. The fourth-order valence-corrected chi connectivity index (χ4v) is 3.03. The number of nitrogens with one attached hydrogen (secondary N) is 1. The fourth-order valence-electron chi connectivity index (χ4n) is 2.64. The molecule has 0 spiro atoms. The number of carbonyl (C=O) groups excluding carboxylic acids is 2. The zero-order chi connectivity index (χ0) is 16.4. The predicted octanol–water partition coefficient (Wildman–Crippen LogP) is 2.56. The summed E-state index contributed by atoms with van der Waals surface area (Å²) in [5.74, 6) is -0.375. The van der Waals surface area contributed by atoms with E-state index in [0.717, 1.165) is 5.57 Å². The zero-order valence-corrected chi connectivity index (χ0v) is 13.5. The summed E-state index contributed by atoms with van der Waals surface area (Å²) in [5, 5.41) is 2.61. The Bertz CT molecular complexity index is 663. The number of carbonyl (C=O) groups is 2. The van der Waals surface area contributed by atoms with E-state index in [9.17, 15) is 9.59 Å². The molecule has 2 amide bonds. The number of piperidine rings is 1. The van der Waals surface area contributed by atoms with Crippen LogP contribution in [0.15, 0.2) is 59.9 Å². The molecule has 0 bridgehead atoms. The highest BCUT2D eigenvalue weighted by Crippen LogP contribution is 2.36. The van der Waals surface area contributed by atoms with Gasteiger partial charge in [0.25, 0.3) is 5.91 Å². The lowest BCUT2D eigenvalue weighted by molar-refractivity contribution is -0.125. The van der Waals surface area contributed by atoms with Gasteiger partial charge in [-0.3, -0.25) is 14.5 Å². The van der Waals surface area contributed by atoms with Gasteiger partial charge in [-0.15, -0.1) is 0 Å². The number of hydrogen-bond acceptors (Lipinski definition) is 3. The number of hydrogen-bond donors (Lipinski definition) is 1. The van der Waals surface area contributed by atoms with Crippen molar-refractivity contribution in [2.75, 3.05) is 0 Å². The van der Waals surface area contributed by atoms with E-state index in [-0.39, 0.29) is 18.2 Å². The van der Waals surface area contributed by atoms with E-state index < -0.39 is 6.04 Å². The van der Waals surface area contributed by atoms with Crippen molar-refractivity contribution in [3.05, 3.63) is 59.9 Å². The van der Waals surface area contributed by atoms with Gasteiger partial charge in [-0.25, -0.2) is 0 Å². The molecule has 0 aromatic rings. The molecular formula is C17H18N2O2S. The second kappa shape index (κ2) is 6.23. The maximum absolute atomic E-state index is 12.8. The van der Waals surface area contributed by atoms with E-state index in [1.54, 1.807) is 6.08 Å². The summed E-state index contributed by atoms with van der Waals surface area (Å²) in [5.41, 5.74) is 2.52. The molecule has 0 aromatic heterocycles. The van der Waals surface area contributed by atoms with Crippen LogP contribution in [0, 0.1) is 0 Å². The molecule has 1 atom stereocenters. The van der Waals surface area contributed by atoms with Crippen LogP contribution < -0.4 is 5.32 Å². The van der Waals surface area contributed by atoms with Crippen LogP contribution in [-0.2, 0) is 9.59 Å². The molecule has 2 aliphatic rings. The quantitative estimate of drug-likeness (QED) is 0.484. The molecule has 2 heterocycles. The predicted molar refractivity (Wildman–Crippen MR) is 90.9 cm³/mol. The molecule has 22 heavy (non-hydrogen) atoms. The van der Waals surface area contributed by atoms with Crippen molar-refractivity contribution < 1.29 is 9.59 Å². The second-order valence-electron chi connectivity index (χ2n) is 5.08. The number of thiocarbonyl (C=S) groups is 1. The van der Waals surface area contributed by atoms with Crippen LogP contribution in [0.2, 0.25) is 0 Å². The van der Waals surface area contributed by atoms with Crippen molar-refractivity contribution in [3.8, 4) is 0 Å². The lowest BCUT2D eigenvalue weighted by Crippen LogP contribution is -2.52. The summed E-state index contributed by atoms with van der Waals surface area (Å²) in [6.07, 6.45) is 7.42. The van der Waals surface area contributed by atoms with Crippen LogP contribution in [0.3, 0.4) is 0 Å². The van der Waals surface area contributed by atoms with Crippen LogP contribution >= 0.6 is 12.2 Å². The minimum absolute atomic E-state index is 0.154. The van der Waals surface area contributed by atoms with E-state index in [4.69, 9.17) is 12.2 Å². The van der Waals surface area contributed by atoms with Gasteiger partial charge in [-0.2, -0.15) is 0 Å². The highest BCUT2D eigenvalue weighted by molar-refractivity contribution is 7.80. The van der Waals surface area contributed by atoms with Crippen molar-refractivity contribution in [1.29, 1.82) is 0 Å².